The summed E-state index contributed by atoms with van der Waals surface area (Å²) < 4.78 is 6.08. The number of rotatable bonds is 5. The van der Waals surface area contributed by atoms with Gasteiger partial charge in [-0.3, -0.25) is 4.90 Å². The SMILES string of the molecule is CC(C)OC1C[C@@H](C)N(CC2CCC(C(C)C)CC2)[C@@H](C)C1. The maximum absolute atomic E-state index is 6.08. The first-order chi connectivity index (χ1) is 10.4. The van der Waals surface area contributed by atoms with Crippen LogP contribution in [0.1, 0.15) is 80.1 Å². The summed E-state index contributed by atoms with van der Waals surface area (Å²) in [5, 5.41) is 0. The van der Waals surface area contributed by atoms with Crippen LogP contribution in [0.25, 0.3) is 0 Å². The van der Waals surface area contributed by atoms with Gasteiger partial charge in [-0.25, -0.2) is 0 Å². The molecule has 1 saturated carbocycles. The van der Waals surface area contributed by atoms with Crippen molar-refractivity contribution in [1.82, 2.24) is 4.90 Å². The molecule has 1 unspecified atom stereocenters. The summed E-state index contributed by atoms with van der Waals surface area (Å²) in [7, 11) is 0. The molecule has 0 aromatic carbocycles. The smallest absolute Gasteiger partial charge is 0.0608 e. The lowest BCUT2D eigenvalue weighted by Crippen LogP contribution is -2.51. The van der Waals surface area contributed by atoms with Crippen molar-refractivity contribution in [1.29, 1.82) is 0 Å². The lowest BCUT2D eigenvalue weighted by Gasteiger charge is -2.45. The Labute approximate surface area is 139 Å². The van der Waals surface area contributed by atoms with Gasteiger partial charge in [0.05, 0.1) is 12.2 Å². The van der Waals surface area contributed by atoms with Crippen LogP contribution in [0.2, 0.25) is 0 Å². The summed E-state index contributed by atoms with van der Waals surface area (Å²) in [4.78, 5) is 2.78. The summed E-state index contributed by atoms with van der Waals surface area (Å²) in [5.41, 5.74) is 0. The van der Waals surface area contributed by atoms with Gasteiger partial charge in [0, 0.05) is 18.6 Å². The second-order valence-corrected chi connectivity index (χ2v) is 8.70. The van der Waals surface area contributed by atoms with E-state index in [0.29, 0.717) is 24.3 Å². The zero-order valence-corrected chi connectivity index (χ0v) is 15.8. The molecule has 1 saturated heterocycles. The van der Waals surface area contributed by atoms with Crippen LogP contribution in [0.3, 0.4) is 0 Å². The quantitative estimate of drug-likeness (QED) is 0.699. The van der Waals surface area contributed by atoms with Crippen molar-refractivity contribution in [3.8, 4) is 0 Å². The van der Waals surface area contributed by atoms with Crippen molar-refractivity contribution < 1.29 is 4.74 Å². The zero-order valence-electron chi connectivity index (χ0n) is 15.8. The van der Waals surface area contributed by atoms with Gasteiger partial charge in [0.1, 0.15) is 0 Å². The van der Waals surface area contributed by atoms with Crippen molar-refractivity contribution in [2.24, 2.45) is 17.8 Å². The van der Waals surface area contributed by atoms with Gasteiger partial charge in [-0.1, -0.05) is 13.8 Å². The average Bonchev–Trinajstić information content (AvgIpc) is 2.42. The molecule has 0 spiro atoms. The Bertz CT molecular complexity index is 308. The third-order valence-corrected chi connectivity index (χ3v) is 6.11. The predicted octanol–water partition coefficient (Wildman–Crippen LogP) is 5.12. The fraction of sp³-hybridized carbons (Fsp3) is 1.00. The number of ether oxygens (including phenoxy) is 1. The Kier molecular flexibility index (Phi) is 6.76. The molecular weight excluding hydrogens is 270 g/mol. The van der Waals surface area contributed by atoms with Crippen molar-refractivity contribution in [3.63, 3.8) is 0 Å². The molecule has 0 radical (unpaired) electrons. The van der Waals surface area contributed by atoms with Crippen LogP contribution in [0.5, 0.6) is 0 Å². The molecule has 3 atom stereocenters. The van der Waals surface area contributed by atoms with Gasteiger partial charge in [0.15, 0.2) is 0 Å². The van der Waals surface area contributed by atoms with E-state index in [9.17, 15) is 0 Å². The Morgan fingerprint density at radius 1 is 0.909 bits per heavy atom. The van der Waals surface area contributed by atoms with E-state index < -0.39 is 0 Å². The number of piperidine rings is 1. The maximum atomic E-state index is 6.08. The molecule has 0 aromatic rings. The Morgan fingerprint density at radius 2 is 1.45 bits per heavy atom. The van der Waals surface area contributed by atoms with Crippen LogP contribution in [0.4, 0.5) is 0 Å². The van der Waals surface area contributed by atoms with Crippen LogP contribution < -0.4 is 0 Å². The highest BCUT2D eigenvalue weighted by molar-refractivity contribution is 4.87. The molecule has 0 aromatic heterocycles. The van der Waals surface area contributed by atoms with E-state index in [0.717, 1.165) is 17.8 Å². The summed E-state index contributed by atoms with van der Waals surface area (Å²) in [5.74, 6) is 2.79. The van der Waals surface area contributed by atoms with Crippen LogP contribution in [-0.4, -0.2) is 35.7 Å². The van der Waals surface area contributed by atoms with Gasteiger partial charge >= 0.3 is 0 Å². The maximum Gasteiger partial charge on any atom is 0.0608 e. The first-order valence-electron chi connectivity index (χ1n) is 9.78. The third kappa shape index (κ3) is 4.96. The molecule has 2 heteroatoms. The van der Waals surface area contributed by atoms with Gasteiger partial charge in [0.2, 0.25) is 0 Å². The van der Waals surface area contributed by atoms with Gasteiger partial charge in [-0.15, -0.1) is 0 Å². The lowest BCUT2D eigenvalue weighted by molar-refractivity contribution is -0.0634. The van der Waals surface area contributed by atoms with Crippen LogP contribution in [0.15, 0.2) is 0 Å². The molecule has 2 nitrogen and oxygen atoms in total. The number of hydrogen-bond acceptors (Lipinski definition) is 2. The van der Waals surface area contributed by atoms with Crippen LogP contribution >= 0.6 is 0 Å². The lowest BCUT2D eigenvalue weighted by atomic mass is 9.76. The molecule has 1 aliphatic heterocycles. The monoisotopic (exact) mass is 309 g/mol. The minimum atomic E-state index is 0.363. The summed E-state index contributed by atoms with van der Waals surface area (Å²) in [6.07, 6.45) is 9.07. The minimum absolute atomic E-state index is 0.363. The highest BCUT2D eigenvalue weighted by atomic mass is 16.5. The molecule has 2 rings (SSSR count). The highest BCUT2D eigenvalue weighted by Gasteiger charge is 2.34. The van der Waals surface area contributed by atoms with Crippen LogP contribution in [-0.2, 0) is 4.74 Å². The van der Waals surface area contributed by atoms with Gasteiger partial charge in [0.25, 0.3) is 0 Å². The Morgan fingerprint density at radius 3 is 1.91 bits per heavy atom. The fourth-order valence-corrected chi connectivity index (χ4v) is 4.75. The predicted molar refractivity (Wildman–Crippen MR) is 95.2 cm³/mol. The Balaban J connectivity index is 1.81. The van der Waals surface area contributed by atoms with E-state index in [4.69, 9.17) is 4.74 Å². The molecule has 2 aliphatic rings. The second-order valence-electron chi connectivity index (χ2n) is 8.70. The number of likely N-dealkylation sites (tertiary alicyclic amines) is 1. The van der Waals surface area contributed by atoms with Crippen molar-refractivity contribution >= 4 is 0 Å². The van der Waals surface area contributed by atoms with Gasteiger partial charge in [-0.2, -0.15) is 0 Å². The van der Waals surface area contributed by atoms with E-state index in [2.05, 4.69) is 46.4 Å². The molecule has 0 bridgehead atoms. The van der Waals surface area contributed by atoms with E-state index in [-0.39, 0.29) is 0 Å². The third-order valence-electron chi connectivity index (χ3n) is 6.11. The summed E-state index contributed by atoms with van der Waals surface area (Å²) in [6.45, 7) is 15.3. The molecule has 2 fully saturated rings. The van der Waals surface area contributed by atoms with E-state index in [1.54, 1.807) is 0 Å². The summed E-state index contributed by atoms with van der Waals surface area (Å²) in [6, 6.07) is 1.35. The van der Waals surface area contributed by atoms with Crippen molar-refractivity contribution in [2.75, 3.05) is 6.54 Å². The van der Waals surface area contributed by atoms with E-state index >= 15 is 0 Å². The summed E-state index contributed by atoms with van der Waals surface area (Å²) >= 11 is 0. The first-order valence-corrected chi connectivity index (χ1v) is 9.78. The molecule has 1 heterocycles. The standard InChI is InChI=1S/C20H39NO/c1-14(2)19-9-7-18(8-10-19)13-21-16(5)11-20(12-17(21)6)22-15(3)4/h14-20H,7-13H2,1-6H3/t16-,17+,18?,19?,20?. The molecule has 22 heavy (non-hydrogen) atoms. The topological polar surface area (TPSA) is 12.5 Å². The van der Waals surface area contributed by atoms with Gasteiger partial charge in [-0.05, 0) is 84.0 Å². The average molecular weight is 310 g/mol. The molecule has 0 amide bonds. The minimum Gasteiger partial charge on any atom is -0.375 e. The highest BCUT2D eigenvalue weighted by Crippen LogP contribution is 2.35. The molecular formula is C20H39NO. The van der Waals surface area contributed by atoms with Crippen LogP contribution in [0, 0.1) is 17.8 Å². The largest absolute Gasteiger partial charge is 0.375 e. The first kappa shape index (κ1) is 18.3. The normalized spacial score (nSPS) is 37.9. The Hall–Kier alpha value is -0.0800. The molecule has 1 aliphatic carbocycles. The molecule has 0 N–H and O–H groups in total. The van der Waals surface area contributed by atoms with E-state index in [1.807, 2.05) is 0 Å². The van der Waals surface area contributed by atoms with Crippen molar-refractivity contribution in [2.45, 2.75) is 104 Å². The van der Waals surface area contributed by atoms with E-state index in [1.165, 1.54) is 45.1 Å². The fourth-order valence-electron chi connectivity index (χ4n) is 4.75. The molecule has 130 valence electrons. The van der Waals surface area contributed by atoms with Gasteiger partial charge < -0.3 is 4.74 Å². The number of hydrogen-bond donors (Lipinski definition) is 0. The second kappa shape index (κ2) is 8.15. The van der Waals surface area contributed by atoms with Crippen molar-refractivity contribution in [3.05, 3.63) is 0 Å². The zero-order chi connectivity index (χ0) is 16.3. The number of nitrogens with zero attached hydrogens (tertiary/aromatic N) is 1.